The molecule has 1 aromatic rings. The molecule has 2 aliphatic rings. The first-order valence-corrected chi connectivity index (χ1v) is 10.4. The zero-order chi connectivity index (χ0) is 22.7. The Balaban J connectivity index is 2.08. The Bertz CT molecular complexity index is 876. The Morgan fingerprint density at radius 1 is 1.06 bits per heavy atom. The van der Waals surface area contributed by atoms with E-state index < -0.39 is 42.3 Å². The summed E-state index contributed by atoms with van der Waals surface area (Å²) in [5.74, 6) is -1.86. The van der Waals surface area contributed by atoms with E-state index in [4.69, 9.17) is 18.9 Å². The summed E-state index contributed by atoms with van der Waals surface area (Å²) >= 11 is 0. The molecule has 4 atom stereocenters. The molecule has 0 aromatic heterocycles. The standard InChI is InChI=1S/C23H29NO7/c1-6-28-23(27)21-14(3)24(17-9-7-13(2)8-10-17)20-11-18(21)22(30-16(5)26)19(31-20)12-29-15(4)25/h7-10,18-20,22H,6,11-12H2,1-5H3/t18-,19+,20+,22-/m0/s1. The maximum atomic E-state index is 13.0. The lowest BCUT2D eigenvalue weighted by Gasteiger charge is -2.50. The van der Waals surface area contributed by atoms with E-state index in [-0.39, 0.29) is 13.2 Å². The number of benzene rings is 1. The first kappa shape index (κ1) is 22.8. The van der Waals surface area contributed by atoms with Gasteiger partial charge in [0, 0.05) is 37.6 Å². The number of hydrogen-bond donors (Lipinski definition) is 0. The van der Waals surface area contributed by atoms with Gasteiger partial charge in [0.1, 0.15) is 25.0 Å². The summed E-state index contributed by atoms with van der Waals surface area (Å²) in [6.07, 6.45) is -1.49. The Labute approximate surface area is 182 Å². The van der Waals surface area contributed by atoms with Crippen LogP contribution in [0.5, 0.6) is 0 Å². The summed E-state index contributed by atoms with van der Waals surface area (Å²) < 4.78 is 22.4. The summed E-state index contributed by atoms with van der Waals surface area (Å²) in [6, 6.07) is 7.90. The van der Waals surface area contributed by atoms with Crippen molar-refractivity contribution in [1.82, 2.24) is 0 Å². The molecule has 0 aliphatic carbocycles. The molecule has 8 nitrogen and oxygen atoms in total. The topological polar surface area (TPSA) is 91.4 Å². The molecule has 0 N–H and O–H groups in total. The van der Waals surface area contributed by atoms with Crippen LogP contribution in [0.4, 0.5) is 5.69 Å². The third-order valence-electron chi connectivity index (χ3n) is 5.52. The van der Waals surface area contributed by atoms with E-state index in [1.807, 2.05) is 43.0 Å². The average molecular weight is 431 g/mol. The normalized spacial score (nSPS) is 25.1. The van der Waals surface area contributed by atoms with Crippen LogP contribution in [0, 0.1) is 12.8 Å². The second-order valence-corrected chi connectivity index (χ2v) is 7.77. The van der Waals surface area contributed by atoms with E-state index >= 15 is 0 Å². The van der Waals surface area contributed by atoms with Crippen molar-refractivity contribution in [2.45, 2.75) is 59.5 Å². The van der Waals surface area contributed by atoms with Gasteiger partial charge in [-0.05, 0) is 32.9 Å². The quantitative estimate of drug-likeness (QED) is 0.502. The van der Waals surface area contributed by atoms with Crippen molar-refractivity contribution in [3.05, 3.63) is 41.1 Å². The third-order valence-corrected chi connectivity index (χ3v) is 5.52. The number of rotatable bonds is 6. The second kappa shape index (κ2) is 9.51. The zero-order valence-corrected chi connectivity index (χ0v) is 18.5. The third kappa shape index (κ3) is 4.90. The largest absolute Gasteiger partial charge is 0.463 e. The van der Waals surface area contributed by atoms with Gasteiger partial charge in [0.15, 0.2) is 0 Å². The van der Waals surface area contributed by atoms with Crippen LogP contribution in [-0.4, -0.2) is 49.6 Å². The van der Waals surface area contributed by atoms with Crippen molar-refractivity contribution in [1.29, 1.82) is 0 Å². The molecule has 0 unspecified atom stereocenters. The van der Waals surface area contributed by atoms with Gasteiger partial charge in [-0.2, -0.15) is 0 Å². The average Bonchev–Trinajstić information content (AvgIpc) is 2.69. The number of anilines is 1. The van der Waals surface area contributed by atoms with E-state index in [1.54, 1.807) is 6.92 Å². The molecule has 0 amide bonds. The van der Waals surface area contributed by atoms with Crippen molar-refractivity contribution >= 4 is 23.6 Å². The van der Waals surface area contributed by atoms with Gasteiger partial charge in [0.05, 0.1) is 12.2 Å². The summed E-state index contributed by atoms with van der Waals surface area (Å²) in [5, 5.41) is 0. The zero-order valence-electron chi connectivity index (χ0n) is 18.5. The highest BCUT2D eigenvalue weighted by atomic mass is 16.6. The van der Waals surface area contributed by atoms with Crippen LogP contribution in [0.3, 0.4) is 0 Å². The SMILES string of the molecule is CCOC(=O)C1=C(C)N(c2ccc(C)cc2)[C@H]2C[C@@H]1[C@H](OC(C)=O)[C@@H](COC(C)=O)O2. The summed E-state index contributed by atoms with van der Waals surface area (Å²) in [7, 11) is 0. The highest BCUT2D eigenvalue weighted by Crippen LogP contribution is 2.44. The molecule has 31 heavy (non-hydrogen) atoms. The minimum absolute atomic E-state index is 0.0861. The highest BCUT2D eigenvalue weighted by Gasteiger charge is 2.51. The van der Waals surface area contributed by atoms with Gasteiger partial charge in [-0.25, -0.2) is 4.79 Å². The molecule has 0 saturated carbocycles. The minimum atomic E-state index is -0.775. The number of ether oxygens (including phenoxy) is 4. The van der Waals surface area contributed by atoms with Crippen LogP contribution in [0.2, 0.25) is 0 Å². The van der Waals surface area contributed by atoms with Gasteiger partial charge in [0.2, 0.25) is 0 Å². The van der Waals surface area contributed by atoms with Crippen molar-refractivity contribution < 1.29 is 33.3 Å². The predicted molar refractivity (Wildman–Crippen MR) is 112 cm³/mol. The van der Waals surface area contributed by atoms with Gasteiger partial charge >= 0.3 is 17.9 Å². The fourth-order valence-electron chi connectivity index (χ4n) is 4.26. The lowest BCUT2D eigenvalue weighted by molar-refractivity contribution is -0.193. The molecule has 2 aliphatic heterocycles. The first-order chi connectivity index (χ1) is 14.7. The van der Waals surface area contributed by atoms with Crippen LogP contribution in [0.1, 0.15) is 39.7 Å². The Morgan fingerprint density at radius 3 is 2.32 bits per heavy atom. The lowest BCUT2D eigenvalue weighted by atomic mass is 9.80. The molecule has 3 rings (SSSR count). The maximum absolute atomic E-state index is 13.0. The summed E-state index contributed by atoms with van der Waals surface area (Å²) in [6.45, 7) is 8.33. The van der Waals surface area contributed by atoms with Crippen LogP contribution >= 0.6 is 0 Å². The van der Waals surface area contributed by atoms with E-state index in [9.17, 15) is 14.4 Å². The smallest absolute Gasteiger partial charge is 0.336 e. The number of carbonyl (C=O) groups excluding carboxylic acids is 3. The molecule has 8 heteroatoms. The van der Waals surface area contributed by atoms with Crippen molar-refractivity contribution in [3.8, 4) is 0 Å². The fourth-order valence-corrected chi connectivity index (χ4v) is 4.26. The van der Waals surface area contributed by atoms with Crippen LogP contribution in [-0.2, 0) is 33.3 Å². The van der Waals surface area contributed by atoms with E-state index in [2.05, 4.69) is 0 Å². The first-order valence-electron chi connectivity index (χ1n) is 10.4. The number of carbonyl (C=O) groups is 3. The molecule has 2 heterocycles. The second-order valence-electron chi connectivity index (χ2n) is 7.77. The number of nitrogens with zero attached hydrogens (tertiary/aromatic N) is 1. The fraction of sp³-hybridized carbons (Fsp3) is 0.522. The minimum Gasteiger partial charge on any atom is -0.463 e. The molecule has 2 bridgehead atoms. The number of esters is 3. The molecular weight excluding hydrogens is 402 g/mol. The van der Waals surface area contributed by atoms with Gasteiger partial charge in [0.25, 0.3) is 0 Å². The molecule has 0 spiro atoms. The predicted octanol–water partition coefficient (Wildman–Crippen LogP) is 2.88. The number of hydrogen-bond acceptors (Lipinski definition) is 8. The number of aryl methyl sites for hydroxylation is 1. The van der Waals surface area contributed by atoms with Crippen LogP contribution < -0.4 is 4.90 Å². The van der Waals surface area contributed by atoms with Gasteiger partial charge < -0.3 is 23.8 Å². The Kier molecular flexibility index (Phi) is 7.00. The van der Waals surface area contributed by atoms with Gasteiger partial charge in [-0.3, -0.25) is 9.59 Å². The molecule has 1 saturated heterocycles. The number of fused-ring (bicyclic) bond motifs is 2. The van der Waals surface area contributed by atoms with E-state index in [1.165, 1.54) is 13.8 Å². The van der Waals surface area contributed by atoms with Gasteiger partial charge in [-0.15, -0.1) is 0 Å². The summed E-state index contributed by atoms with van der Waals surface area (Å²) in [5.41, 5.74) is 3.11. The highest BCUT2D eigenvalue weighted by molar-refractivity contribution is 5.91. The van der Waals surface area contributed by atoms with Gasteiger partial charge in [-0.1, -0.05) is 17.7 Å². The van der Waals surface area contributed by atoms with Crippen LogP contribution in [0.15, 0.2) is 35.5 Å². The monoisotopic (exact) mass is 431 g/mol. The Morgan fingerprint density at radius 2 is 1.74 bits per heavy atom. The molecule has 1 fully saturated rings. The molecular formula is C23H29NO7. The number of allylic oxidation sites excluding steroid dienone is 1. The van der Waals surface area contributed by atoms with Crippen molar-refractivity contribution in [2.75, 3.05) is 18.1 Å². The van der Waals surface area contributed by atoms with Crippen molar-refractivity contribution in [2.24, 2.45) is 5.92 Å². The molecule has 168 valence electrons. The summed E-state index contributed by atoms with van der Waals surface area (Å²) in [4.78, 5) is 38.2. The molecule has 1 aromatic carbocycles. The van der Waals surface area contributed by atoms with Crippen LogP contribution in [0.25, 0.3) is 0 Å². The maximum Gasteiger partial charge on any atom is 0.336 e. The van der Waals surface area contributed by atoms with E-state index in [0.717, 1.165) is 11.3 Å². The van der Waals surface area contributed by atoms with E-state index in [0.29, 0.717) is 17.7 Å². The molecule has 0 radical (unpaired) electrons. The lowest BCUT2D eigenvalue weighted by Crippen LogP contribution is -2.58. The Hall–Kier alpha value is -2.87. The van der Waals surface area contributed by atoms with Crippen molar-refractivity contribution in [3.63, 3.8) is 0 Å².